The number of nitrogens with one attached hydrogen (secondary N) is 1. The summed E-state index contributed by atoms with van der Waals surface area (Å²) in [6.07, 6.45) is 0.993. The molecule has 3 aliphatic rings. The first-order valence-corrected chi connectivity index (χ1v) is 12.9. The lowest BCUT2D eigenvalue weighted by molar-refractivity contribution is -0.174. The number of nitrogens with zero attached hydrogens (tertiary/aromatic N) is 2. The fourth-order valence-electron chi connectivity index (χ4n) is 5.88. The Morgan fingerprint density at radius 1 is 1.19 bits per heavy atom. The Hall–Kier alpha value is -2.69. The van der Waals surface area contributed by atoms with Crippen LogP contribution in [0.2, 0.25) is 0 Å². The number of benzene rings is 1. The molecule has 1 aromatic heterocycles. The van der Waals surface area contributed by atoms with Crippen molar-refractivity contribution < 1.29 is 27.8 Å². The normalized spacial score (nSPS) is 27.6. The number of rotatable bonds is 8. The molecular weight excluding hydrogens is 485 g/mol. The van der Waals surface area contributed by atoms with Crippen molar-refractivity contribution in [2.24, 2.45) is 5.92 Å². The van der Waals surface area contributed by atoms with Gasteiger partial charge in [-0.1, -0.05) is 24.3 Å². The van der Waals surface area contributed by atoms with Crippen molar-refractivity contribution in [1.82, 2.24) is 15.2 Å². The number of anilines is 1. The van der Waals surface area contributed by atoms with Crippen LogP contribution in [0.5, 0.6) is 0 Å². The van der Waals surface area contributed by atoms with Crippen LogP contribution in [0.3, 0.4) is 0 Å². The molecular formula is C27H33F3N4O3. The molecule has 0 unspecified atom stereocenters. The predicted octanol–water partition coefficient (Wildman–Crippen LogP) is 3.52. The second kappa shape index (κ2) is 10.2. The first kappa shape index (κ1) is 25.9. The van der Waals surface area contributed by atoms with Gasteiger partial charge >= 0.3 is 6.18 Å². The molecule has 3 fully saturated rings. The van der Waals surface area contributed by atoms with Crippen molar-refractivity contribution in [3.63, 3.8) is 0 Å². The van der Waals surface area contributed by atoms with Gasteiger partial charge in [-0.15, -0.1) is 0 Å². The van der Waals surface area contributed by atoms with Crippen LogP contribution in [0.1, 0.15) is 48.0 Å². The number of aliphatic hydroxyl groups excluding tert-OH is 1. The molecule has 4 N–H and O–H groups in total. The van der Waals surface area contributed by atoms with Crippen LogP contribution in [0, 0.1) is 5.92 Å². The third-order valence-electron chi connectivity index (χ3n) is 8.02. The van der Waals surface area contributed by atoms with Gasteiger partial charge in [-0.05, 0) is 55.2 Å². The zero-order chi connectivity index (χ0) is 26.2. The molecule has 37 heavy (non-hydrogen) atoms. The zero-order valence-corrected chi connectivity index (χ0v) is 20.6. The molecule has 7 nitrogen and oxygen atoms in total. The minimum atomic E-state index is -4.29. The number of ether oxygens (including phenoxy) is 1. The molecule has 5 rings (SSSR count). The minimum absolute atomic E-state index is 0.0196. The fraction of sp³-hybridized carbons (Fsp3) is 0.556. The van der Waals surface area contributed by atoms with E-state index in [1.807, 2.05) is 12.1 Å². The highest BCUT2D eigenvalue weighted by atomic mass is 19.4. The van der Waals surface area contributed by atoms with E-state index in [1.54, 1.807) is 12.3 Å². The molecule has 2 aliphatic carbocycles. The average Bonchev–Trinajstić information content (AvgIpc) is 3.44. The van der Waals surface area contributed by atoms with Crippen LogP contribution in [0.15, 0.2) is 36.5 Å². The van der Waals surface area contributed by atoms with Gasteiger partial charge in [0.1, 0.15) is 12.4 Å². The van der Waals surface area contributed by atoms with Gasteiger partial charge in [0.2, 0.25) is 0 Å². The maximum atomic E-state index is 12.9. The maximum Gasteiger partial charge on any atom is 0.411 e. The van der Waals surface area contributed by atoms with E-state index in [-0.39, 0.29) is 35.9 Å². The molecule has 1 aromatic carbocycles. The first-order chi connectivity index (χ1) is 17.6. The number of pyridine rings is 1. The second-order valence-electron chi connectivity index (χ2n) is 10.7. The first-order valence-electron chi connectivity index (χ1n) is 12.9. The molecule has 0 bridgehead atoms. The summed E-state index contributed by atoms with van der Waals surface area (Å²) in [6, 6.07) is 10.0. The predicted molar refractivity (Wildman–Crippen MR) is 133 cm³/mol. The number of hydrogen-bond donors (Lipinski definition) is 3. The summed E-state index contributed by atoms with van der Waals surface area (Å²) in [4.78, 5) is 19.3. The highest BCUT2D eigenvalue weighted by Crippen LogP contribution is 2.59. The number of fused-ring (bicyclic) bond motifs is 1. The van der Waals surface area contributed by atoms with Crippen LogP contribution in [-0.2, 0) is 10.2 Å². The number of piperidine rings is 1. The van der Waals surface area contributed by atoms with E-state index in [4.69, 9.17) is 10.5 Å². The lowest BCUT2D eigenvalue weighted by atomic mass is 9.92. The molecule has 1 aliphatic heterocycles. The van der Waals surface area contributed by atoms with E-state index in [2.05, 4.69) is 27.3 Å². The molecule has 2 atom stereocenters. The fourth-order valence-corrected chi connectivity index (χ4v) is 5.88. The highest BCUT2D eigenvalue weighted by Gasteiger charge is 2.60. The molecule has 200 valence electrons. The molecule has 0 spiro atoms. The van der Waals surface area contributed by atoms with Gasteiger partial charge < -0.3 is 20.9 Å². The molecule has 2 aromatic rings. The Bertz CT molecular complexity index is 1120. The summed E-state index contributed by atoms with van der Waals surface area (Å²) < 4.78 is 41.6. The highest BCUT2D eigenvalue weighted by molar-refractivity contribution is 5.99. The van der Waals surface area contributed by atoms with Crippen LogP contribution in [0.4, 0.5) is 19.0 Å². The van der Waals surface area contributed by atoms with E-state index >= 15 is 0 Å². The monoisotopic (exact) mass is 518 g/mol. The summed E-state index contributed by atoms with van der Waals surface area (Å²) >= 11 is 0. The average molecular weight is 519 g/mol. The number of likely N-dealkylation sites (tertiary alicyclic amines) is 1. The number of alkyl halides is 3. The van der Waals surface area contributed by atoms with Gasteiger partial charge in [-0.3, -0.25) is 9.69 Å². The van der Waals surface area contributed by atoms with Crippen LogP contribution < -0.4 is 11.1 Å². The summed E-state index contributed by atoms with van der Waals surface area (Å²) in [7, 11) is 0. The number of nitrogen functional groups attached to an aromatic ring is 1. The van der Waals surface area contributed by atoms with Crippen LogP contribution in [0.25, 0.3) is 11.1 Å². The Kier molecular flexibility index (Phi) is 7.17. The number of amides is 1. The number of halogens is 3. The van der Waals surface area contributed by atoms with Gasteiger partial charge in [0.15, 0.2) is 0 Å². The Morgan fingerprint density at radius 3 is 2.62 bits per heavy atom. The van der Waals surface area contributed by atoms with E-state index in [1.165, 1.54) is 5.56 Å². The summed E-state index contributed by atoms with van der Waals surface area (Å²) in [5.74, 6) is 0.434. The lowest BCUT2D eigenvalue weighted by Crippen LogP contribution is -2.38. The summed E-state index contributed by atoms with van der Waals surface area (Å²) in [5, 5.41) is 12.7. The van der Waals surface area contributed by atoms with E-state index in [0.29, 0.717) is 30.9 Å². The van der Waals surface area contributed by atoms with Crippen molar-refractivity contribution in [3.8, 4) is 11.1 Å². The third-order valence-corrected chi connectivity index (χ3v) is 8.02. The quantitative estimate of drug-likeness (QED) is 0.463. The minimum Gasteiger partial charge on any atom is -0.393 e. The Balaban J connectivity index is 1.20. The molecule has 2 heterocycles. The molecule has 1 amide bonds. The van der Waals surface area contributed by atoms with Crippen molar-refractivity contribution in [2.45, 2.75) is 55.8 Å². The smallest absolute Gasteiger partial charge is 0.393 e. The van der Waals surface area contributed by atoms with Crippen molar-refractivity contribution in [1.29, 1.82) is 0 Å². The van der Waals surface area contributed by atoms with Crippen molar-refractivity contribution in [2.75, 3.05) is 38.6 Å². The zero-order valence-electron chi connectivity index (χ0n) is 20.6. The Morgan fingerprint density at radius 2 is 1.92 bits per heavy atom. The van der Waals surface area contributed by atoms with Gasteiger partial charge in [0.05, 0.1) is 18.3 Å². The number of aliphatic hydroxyl groups is 1. The summed E-state index contributed by atoms with van der Waals surface area (Å²) in [5.41, 5.74) is 9.36. The number of hydrogen-bond acceptors (Lipinski definition) is 6. The number of nitrogens with two attached hydrogens (primary N) is 1. The van der Waals surface area contributed by atoms with Crippen LogP contribution >= 0.6 is 0 Å². The van der Waals surface area contributed by atoms with Crippen molar-refractivity contribution in [3.05, 3.63) is 47.7 Å². The lowest BCUT2D eigenvalue weighted by Gasteiger charge is -2.26. The second-order valence-corrected chi connectivity index (χ2v) is 10.7. The maximum absolute atomic E-state index is 12.9. The number of aromatic nitrogens is 1. The van der Waals surface area contributed by atoms with Crippen LogP contribution in [-0.4, -0.2) is 72.1 Å². The van der Waals surface area contributed by atoms with E-state index < -0.39 is 12.8 Å². The standard InChI is InChI=1S/C27H33F3N4O3/c28-27(29,30)16-37-10-9-34-14-20-12-26(20,15-34)19-3-1-17(2-4-19)18-11-23(24(31)32-13-18)25(36)33-21-5-7-22(35)8-6-21/h1-4,11,13,20-22,35H,5-10,12,14-16H2,(H2,31,32)(H,33,36)/t20-,21-,22-,26+/m1/s1. The molecule has 10 heteroatoms. The topological polar surface area (TPSA) is 101 Å². The van der Waals surface area contributed by atoms with E-state index in [9.17, 15) is 23.1 Å². The molecule has 0 radical (unpaired) electrons. The van der Waals surface area contributed by atoms with Gasteiger partial charge in [-0.25, -0.2) is 4.98 Å². The number of carbonyl (C=O) groups excluding carboxylic acids is 1. The molecule has 2 saturated carbocycles. The SMILES string of the molecule is Nc1ncc(-c2ccc([C@@]34C[C@@H]3CN(CCOCC(F)(F)F)C4)cc2)cc1C(=O)N[C@H]1CC[C@H](O)CC1. The third kappa shape index (κ3) is 5.91. The summed E-state index contributed by atoms with van der Waals surface area (Å²) in [6.45, 7) is 1.06. The largest absolute Gasteiger partial charge is 0.411 e. The molecule has 1 saturated heterocycles. The van der Waals surface area contributed by atoms with E-state index in [0.717, 1.165) is 43.5 Å². The Labute approximate surface area is 214 Å². The van der Waals surface area contributed by atoms with Crippen molar-refractivity contribution >= 4 is 11.7 Å². The number of carbonyl (C=O) groups is 1. The van der Waals surface area contributed by atoms with Gasteiger partial charge in [-0.2, -0.15) is 13.2 Å². The van der Waals surface area contributed by atoms with Gasteiger partial charge in [0.25, 0.3) is 5.91 Å². The van der Waals surface area contributed by atoms with Gasteiger partial charge in [0, 0.05) is 42.9 Å².